The van der Waals surface area contributed by atoms with Gasteiger partial charge in [-0.3, -0.25) is 9.59 Å². The van der Waals surface area contributed by atoms with E-state index in [1.165, 1.54) is 4.88 Å². The summed E-state index contributed by atoms with van der Waals surface area (Å²) in [6, 6.07) is 16.2. The van der Waals surface area contributed by atoms with Gasteiger partial charge in [0.1, 0.15) is 30.4 Å². The lowest BCUT2D eigenvalue weighted by molar-refractivity contribution is -0.136. The molecule has 196 valence electrons. The molecule has 1 aliphatic heterocycles. The summed E-state index contributed by atoms with van der Waals surface area (Å²) < 4.78 is 16.7. The molecule has 4 rings (SSSR count). The molecular weight excluding hydrogens is 488 g/mol. The number of nitrogens with zero attached hydrogens (tertiary/aromatic N) is 2. The second kappa shape index (κ2) is 12.1. The summed E-state index contributed by atoms with van der Waals surface area (Å²) in [6.45, 7) is 4.91. The van der Waals surface area contributed by atoms with Crippen molar-refractivity contribution in [3.63, 3.8) is 0 Å². The average Bonchev–Trinajstić information content (AvgIpc) is 3.43. The number of ether oxygens (including phenoxy) is 3. The molecule has 0 radical (unpaired) electrons. The summed E-state index contributed by atoms with van der Waals surface area (Å²) in [5.41, 5.74) is 1.65. The van der Waals surface area contributed by atoms with Gasteiger partial charge in [-0.05, 0) is 73.2 Å². The molecular formula is C29H34N2O5S. The van der Waals surface area contributed by atoms with Crippen LogP contribution in [0, 0.1) is 0 Å². The van der Waals surface area contributed by atoms with E-state index in [-0.39, 0.29) is 30.4 Å². The summed E-state index contributed by atoms with van der Waals surface area (Å²) >= 11 is 1.71. The van der Waals surface area contributed by atoms with E-state index in [0.29, 0.717) is 36.0 Å². The molecule has 3 aromatic rings. The predicted octanol–water partition coefficient (Wildman–Crippen LogP) is 5.21. The van der Waals surface area contributed by atoms with Crippen LogP contribution in [0.2, 0.25) is 0 Å². The zero-order chi connectivity index (χ0) is 26.4. The summed E-state index contributed by atoms with van der Waals surface area (Å²) in [7, 11) is 3.21. The lowest BCUT2D eigenvalue weighted by Crippen LogP contribution is -2.49. The van der Waals surface area contributed by atoms with Crippen LogP contribution in [0.5, 0.6) is 17.2 Å². The molecule has 2 atom stereocenters. The van der Waals surface area contributed by atoms with Gasteiger partial charge in [-0.1, -0.05) is 13.0 Å². The molecule has 0 bridgehead atoms. The fraction of sp³-hybridized carbons (Fsp3) is 0.379. The summed E-state index contributed by atoms with van der Waals surface area (Å²) in [5.74, 6) is 1.83. The van der Waals surface area contributed by atoms with Gasteiger partial charge in [-0.2, -0.15) is 0 Å². The number of hydrogen-bond acceptors (Lipinski definition) is 6. The highest BCUT2D eigenvalue weighted by Gasteiger charge is 2.34. The number of amides is 2. The summed E-state index contributed by atoms with van der Waals surface area (Å²) in [4.78, 5) is 32.0. The van der Waals surface area contributed by atoms with Crippen molar-refractivity contribution >= 4 is 23.2 Å². The second-order valence-corrected chi connectivity index (χ2v) is 10.1. The summed E-state index contributed by atoms with van der Waals surface area (Å²) in [6.07, 6.45) is 1.54. The smallest absolute Gasteiger partial charge is 0.254 e. The van der Waals surface area contributed by atoms with E-state index in [9.17, 15) is 9.59 Å². The molecule has 8 heteroatoms. The summed E-state index contributed by atoms with van der Waals surface area (Å²) in [5, 5.41) is 2.07. The molecule has 0 N–H and O–H groups in total. The minimum Gasteiger partial charge on any atom is -0.497 e. The maximum absolute atomic E-state index is 13.8. The average molecular weight is 523 g/mol. The van der Waals surface area contributed by atoms with Crippen LogP contribution in [0.3, 0.4) is 0 Å². The van der Waals surface area contributed by atoms with Gasteiger partial charge < -0.3 is 24.0 Å². The van der Waals surface area contributed by atoms with Crippen molar-refractivity contribution in [3.05, 3.63) is 76.0 Å². The van der Waals surface area contributed by atoms with E-state index < -0.39 is 0 Å². The molecule has 2 heterocycles. The number of fused-ring (bicyclic) bond motifs is 1. The van der Waals surface area contributed by atoms with E-state index in [1.54, 1.807) is 54.7 Å². The van der Waals surface area contributed by atoms with E-state index in [1.807, 2.05) is 43.0 Å². The van der Waals surface area contributed by atoms with Crippen molar-refractivity contribution < 1.29 is 23.8 Å². The second-order valence-electron chi connectivity index (χ2n) is 9.06. The van der Waals surface area contributed by atoms with Crippen molar-refractivity contribution in [2.75, 3.05) is 33.9 Å². The molecule has 0 saturated heterocycles. The molecule has 1 aromatic heterocycles. The van der Waals surface area contributed by atoms with E-state index in [0.717, 1.165) is 18.4 Å². The molecule has 7 nitrogen and oxygen atoms in total. The van der Waals surface area contributed by atoms with Gasteiger partial charge >= 0.3 is 0 Å². The Hall–Kier alpha value is -3.52. The van der Waals surface area contributed by atoms with E-state index >= 15 is 0 Å². The third-order valence-electron chi connectivity index (χ3n) is 6.89. The molecule has 1 aliphatic rings. The Balaban J connectivity index is 1.54. The third kappa shape index (κ3) is 6.07. The van der Waals surface area contributed by atoms with Gasteiger partial charge in [0.05, 0.1) is 20.3 Å². The molecule has 0 saturated carbocycles. The standard InChI is InChI=1S/C29H34N2O5S/c1-5-20(2)31(29(33)21-9-11-22(34-3)12-10-21)18-28(32)30-15-13-27-25(14-16-37-27)26(30)19-36-24-8-6-7-23(17-24)35-4/h6-12,14,16-17,20,26H,5,13,15,18-19H2,1-4H3/t20-,26-/m0/s1. The fourth-order valence-corrected chi connectivity index (χ4v) is 5.45. The molecule has 0 spiro atoms. The first-order chi connectivity index (χ1) is 17.9. The lowest BCUT2D eigenvalue weighted by Gasteiger charge is -2.38. The SMILES string of the molecule is CC[C@H](C)N(CC(=O)N1CCc2sccc2[C@@H]1COc1cccc(OC)c1)C(=O)c1ccc(OC)cc1. The van der Waals surface area contributed by atoms with Crippen molar-refractivity contribution in [2.24, 2.45) is 0 Å². The highest BCUT2D eigenvalue weighted by atomic mass is 32.1. The monoisotopic (exact) mass is 522 g/mol. The van der Waals surface area contributed by atoms with Crippen molar-refractivity contribution in [2.45, 2.75) is 38.8 Å². The van der Waals surface area contributed by atoms with Gasteiger partial charge in [-0.25, -0.2) is 0 Å². The van der Waals surface area contributed by atoms with Crippen LogP contribution in [0.25, 0.3) is 0 Å². The number of hydrogen-bond donors (Lipinski definition) is 0. The predicted molar refractivity (Wildman–Crippen MR) is 145 cm³/mol. The van der Waals surface area contributed by atoms with Crippen LogP contribution in [-0.2, 0) is 11.2 Å². The van der Waals surface area contributed by atoms with Crippen LogP contribution < -0.4 is 14.2 Å². The molecule has 0 unspecified atom stereocenters. The van der Waals surface area contributed by atoms with Crippen molar-refractivity contribution in [1.82, 2.24) is 9.80 Å². The van der Waals surface area contributed by atoms with Crippen LogP contribution in [0.1, 0.15) is 47.1 Å². The Kier molecular flexibility index (Phi) is 8.71. The van der Waals surface area contributed by atoms with Crippen molar-refractivity contribution in [3.8, 4) is 17.2 Å². The minimum absolute atomic E-state index is 0.00893. The van der Waals surface area contributed by atoms with Crippen molar-refractivity contribution in [1.29, 1.82) is 0 Å². The van der Waals surface area contributed by atoms with Gasteiger partial charge in [0, 0.05) is 29.1 Å². The normalized spacial score (nSPS) is 15.5. The topological polar surface area (TPSA) is 68.3 Å². The molecule has 0 aliphatic carbocycles. The molecule has 2 aromatic carbocycles. The van der Waals surface area contributed by atoms with Gasteiger partial charge in [0.2, 0.25) is 5.91 Å². The minimum atomic E-state index is -0.233. The zero-order valence-electron chi connectivity index (χ0n) is 21.8. The third-order valence-corrected chi connectivity index (χ3v) is 7.89. The van der Waals surface area contributed by atoms with Gasteiger partial charge in [0.25, 0.3) is 5.91 Å². The quantitative estimate of drug-likeness (QED) is 0.366. The number of carbonyl (C=O) groups excluding carboxylic acids is 2. The van der Waals surface area contributed by atoms with E-state index in [2.05, 4.69) is 11.4 Å². The Morgan fingerprint density at radius 3 is 2.49 bits per heavy atom. The zero-order valence-corrected chi connectivity index (χ0v) is 22.6. The van der Waals surface area contributed by atoms with Crippen LogP contribution >= 0.6 is 11.3 Å². The number of rotatable bonds is 10. The Labute approximate surface area is 222 Å². The molecule has 0 fully saturated rings. The number of methoxy groups -OCH3 is 2. The fourth-order valence-electron chi connectivity index (χ4n) is 4.52. The maximum atomic E-state index is 13.8. The highest BCUT2D eigenvalue weighted by Crippen LogP contribution is 2.34. The largest absolute Gasteiger partial charge is 0.497 e. The number of carbonyl (C=O) groups is 2. The van der Waals surface area contributed by atoms with Gasteiger partial charge in [-0.15, -0.1) is 11.3 Å². The first kappa shape index (κ1) is 26.5. The van der Waals surface area contributed by atoms with Crippen LogP contribution in [-0.4, -0.2) is 61.6 Å². The number of benzene rings is 2. The number of thiophene rings is 1. The van der Waals surface area contributed by atoms with E-state index in [4.69, 9.17) is 14.2 Å². The molecule has 2 amide bonds. The first-order valence-corrected chi connectivity index (χ1v) is 13.4. The Morgan fingerprint density at radius 2 is 1.78 bits per heavy atom. The Morgan fingerprint density at radius 1 is 1.05 bits per heavy atom. The molecule has 37 heavy (non-hydrogen) atoms. The highest BCUT2D eigenvalue weighted by molar-refractivity contribution is 7.10. The van der Waals surface area contributed by atoms with Crippen LogP contribution in [0.15, 0.2) is 60.0 Å². The van der Waals surface area contributed by atoms with Crippen LogP contribution in [0.4, 0.5) is 0 Å². The van der Waals surface area contributed by atoms with Gasteiger partial charge in [0.15, 0.2) is 0 Å². The Bertz CT molecular complexity index is 1210. The first-order valence-electron chi connectivity index (χ1n) is 12.5. The maximum Gasteiger partial charge on any atom is 0.254 e. The lowest BCUT2D eigenvalue weighted by atomic mass is 10.00.